The van der Waals surface area contributed by atoms with Gasteiger partial charge in [-0.25, -0.2) is 9.59 Å². The fourth-order valence-corrected chi connectivity index (χ4v) is 2.29. The van der Waals surface area contributed by atoms with Crippen molar-refractivity contribution in [3.63, 3.8) is 0 Å². The van der Waals surface area contributed by atoms with Gasteiger partial charge in [0.15, 0.2) is 6.10 Å². The Morgan fingerprint density at radius 1 is 1.00 bits per heavy atom. The lowest BCUT2D eigenvalue weighted by molar-refractivity contribution is -0.162. The maximum absolute atomic E-state index is 12.4. The first kappa shape index (κ1) is 20.0. The van der Waals surface area contributed by atoms with Gasteiger partial charge >= 0.3 is 12.0 Å². The van der Waals surface area contributed by atoms with Gasteiger partial charge in [-0.05, 0) is 31.5 Å². The van der Waals surface area contributed by atoms with Crippen LogP contribution < -0.4 is 15.4 Å². The van der Waals surface area contributed by atoms with Crippen molar-refractivity contribution >= 4 is 17.9 Å². The van der Waals surface area contributed by atoms with E-state index in [1.165, 1.54) is 14.0 Å². The Kier molecular flexibility index (Phi) is 6.93. The zero-order valence-corrected chi connectivity index (χ0v) is 15.4. The maximum Gasteiger partial charge on any atom is 0.348 e. The molecular formula is C20H22N2O5. The topological polar surface area (TPSA) is 93.7 Å². The van der Waals surface area contributed by atoms with Crippen LogP contribution in [0.1, 0.15) is 24.2 Å². The molecule has 0 heterocycles. The molecule has 7 nitrogen and oxygen atoms in total. The summed E-state index contributed by atoms with van der Waals surface area (Å²) >= 11 is 0. The molecule has 2 N–H and O–H groups in total. The molecule has 2 atom stereocenters. The summed E-state index contributed by atoms with van der Waals surface area (Å²) in [6, 6.07) is 15.0. The standard InChI is InChI=1S/C20H22N2O5/c1-13-8-7-11-16(12-13)26-14(2)19(24)27-17(15-9-5-4-6-10-15)18(23)22-20(25)21-3/h4-12,14,17H,1-3H3,(H2,21,22,23,25)/t14-,17-/m0/s1. The van der Waals surface area contributed by atoms with Gasteiger partial charge in [0.05, 0.1) is 0 Å². The number of ether oxygens (including phenoxy) is 2. The van der Waals surface area contributed by atoms with Crippen LogP contribution in [0.4, 0.5) is 4.79 Å². The van der Waals surface area contributed by atoms with Crippen molar-refractivity contribution in [1.82, 2.24) is 10.6 Å². The smallest absolute Gasteiger partial charge is 0.348 e. The lowest BCUT2D eigenvalue weighted by Crippen LogP contribution is -2.42. The first-order chi connectivity index (χ1) is 12.9. The van der Waals surface area contributed by atoms with Crippen LogP contribution in [0.5, 0.6) is 5.75 Å². The van der Waals surface area contributed by atoms with E-state index >= 15 is 0 Å². The van der Waals surface area contributed by atoms with Crippen LogP contribution in [-0.2, 0) is 14.3 Å². The summed E-state index contributed by atoms with van der Waals surface area (Å²) in [6.07, 6.45) is -2.22. The summed E-state index contributed by atoms with van der Waals surface area (Å²) in [5.41, 5.74) is 1.43. The van der Waals surface area contributed by atoms with Crippen molar-refractivity contribution in [1.29, 1.82) is 0 Å². The number of imide groups is 1. The molecule has 7 heteroatoms. The van der Waals surface area contributed by atoms with Crippen molar-refractivity contribution in [2.24, 2.45) is 0 Å². The first-order valence-corrected chi connectivity index (χ1v) is 8.42. The van der Waals surface area contributed by atoms with E-state index in [0.29, 0.717) is 11.3 Å². The molecule has 27 heavy (non-hydrogen) atoms. The molecule has 2 aromatic carbocycles. The average molecular weight is 370 g/mol. The molecule has 0 bridgehead atoms. The van der Waals surface area contributed by atoms with Gasteiger partial charge in [-0.15, -0.1) is 0 Å². The number of carbonyl (C=O) groups is 3. The number of benzene rings is 2. The Balaban J connectivity index is 2.12. The molecule has 0 aliphatic rings. The number of carbonyl (C=O) groups excluding carboxylic acids is 3. The fourth-order valence-electron chi connectivity index (χ4n) is 2.29. The summed E-state index contributed by atoms with van der Waals surface area (Å²) < 4.78 is 10.9. The van der Waals surface area contributed by atoms with E-state index in [2.05, 4.69) is 10.6 Å². The highest BCUT2D eigenvalue weighted by atomic mass is 16.6. The van der Waals surface area contributed by atoms with E-state index in [-0.39, 0.29) is 0 Å². The van der Waals surface area contributed by atoms with E-state index in [4.69, 9.17) is 9.47 Å². The third-order valence-corrected chi connectivity index (χ3v) is 3.67. The highest BCUT2D eigenvalue weighted by molar-refractivity contribution is 5.97. The number of hydrogen-bond acceptors (Lipinski definition) is 5. The molecule has 2 aromatic rings. The van der Waals surface area contributed by atoms with Crippen LogP contribution in [0, 0.1) is 6.92 Å². The summed E-state index contributed by atoms with van der Waals surface area (Å²) in [5.74, 6) is -0.959. The molecule has 0 unspecified atom stereocenters. The maximum atomic E-state index is 12.4. The molecule has 0 radical (unpaired) electrons. The highest BCUT2D eigenvalue weighted by Gasteiger charge is 2.29. The van der Waals surface area contributed by atoms with Crippen molar-refractivity contribution < 1.29 is 23.9 Å². The molecule has 3 amide bonds. The number of urea groups is 1. The van der Waals surface area contributed by atoms with Crippen LogP contribution in [-0.4, -0.2) is 31.1 Å². The number of aryl methyl sites for hydroxylation is 1. The second kappa shape index (κ2) is 9.38. The Morgan fingerprint density at radius 2 is 1.70 bits per heavy atom. The van der Waals surface area contributed by atoms with Crippen LogP contribution in [0.3, 0.4) is 0 Å². The molecule has 0 aliphatic carbocycles. The third kappa shape index (κ3) is 5.85. The van der Waals surface area contributed by atoms with E-state index in [0.717, 1.165) is 5.56 Å². The Hall–Kier alpha value is -3.35. The van der Waals surface area contributed by atoms with Gasteiger partial charge in [0.1, 0.15) is 5.75 Å². The summed E-state index contributed by atoms with van der Waals surface area (Å²) in [5, 5.41) is 4.40. The predicted octanol–water partition coefficient (Wildman–Crippen LogP) is 2.50. The Bertz CT molecular complexity index is 807. The summed E-state index contributed by atoms with van der Waals surface area (Å²) in [7, 11) is 1.38. The summed E-state index contributed by atoms with van der Waals surface area (Å²) in [4.78, 5) is 36.3. The largest absolute Gasteiger partial charge is 0.479 e. The van der Waals surface area contributed by atoms with Gasteiger partial charge in [-0.1, -0.05) is 42.5 Å². The van der Waals surface area contributed by atoms with Crippen molar-refractivity contribution in [3.8, 4) is 5.75 Å². The number of nitrogens with one attached hydrogen (secondary N) is 2. The van der Waals surface area contributed by atoms with E-state index in [1.54, 1.807) is 42.5 Å². The molecule has 2 rings (SSSR count). The van der Waals surface area contributed by atoms with Gasteiger partial charge in [0.25, 0.3) is 5.91 Å². The lowest BCUT2D eigenvalue weighted by atomic mass is 10.1. The van der Waals surface area contributed by atoms with Crippen LogP contribution >= 0.6 is 0 Å². The molecule has 0 aromatic heterocycles. The minimum atomic E-state index is -1.28. The zero-order valence-electron chi connectivity index (χ0n) is 15.4. The number of rotatable bonds is 6. The molecule has 0 saturated heterocycles. The van der Waals surface area contributed by atoms with E-state index < -0.39 is 30.1 Å². The van der Waals surface area contributed by atoms with Crippen LogP contribution in [0.2, 0.25) is 0 Å². The predicted molar refractivity (Wildman–Crippen MR) is 99.1 cm³/mol. The second-order valence-corrected chi connectivity index (χ2v) is 5.87. The monoisotopic (exact) mass is 370 g/mol. The van der Waals surface area contributed by atoms with Crippen molar-refractivity contribution in [2.75, 3.05) is 7.05 Å². The Labute approximate surface area is 157 Å². The molecule has 0 aliphatic heterocycles. The average Bonchev–Trinajstić information content (AvgIpc) is 2.66. The normalized spacial score (nSPS) is 12.4. The first-order valence-electron chi connectivity index (χ1n) is 8.42. The number of hydrogen-bond donors (Lipinski definition) is 2. The minimum absolute atomic E-state index is 0.440. The molecule has 142 valence electrons. The minimum Gasteiger partial charge on any atom is -0.479 e. The zero-order chi connectivity index (χ0) is 19.8. The molecule has 0 spiro atoms. The highest BCUT2D eigenvalue weighted by Crippen LogP contribution is 2.20. The van der Waals surface area contributed by atoms with Gasteiger partial charge in [0, 0.05) is 12.6 Å². The van der Waals surface area contributed by atoms with Gasteiger partial charge in [-0.2, -0.15) is 0 Å². The van der Waals surface area contributed by atoms with Gasteiger partial charge in [0.2, 0.25) is 6.10 Å². The third-order valence-electron chi connectivity index (χ3n) is 3.67. The van der Waals surface area contributed by atoms with E-state index in [1.807, 2.05) is 19.1 Å². The quantitative estimate of drug-likeness (QED) is 0.762. The van der Waals surface area contributed by atoms with Crippen LogP contribution in [0.15, 0.2) is 54.6 Å². The Morgan fingerprint density at radius 3 is 2.33 bits per heavy atom. The fraction of sp³-hybridized carbons (Fsp3) is 0.250. The van der Waals surface area contributed by atoms with E-state index in [9.17, 15) is 14.4 Å². The van der Waals surface area contributed by atoms with Gasteiger partial charge in [-0.3, -0.25) is 10.1 Å². The molecular weight excluding hydrogens is 348 g/mol. The van der Waals surface area contributed by atoms with Crippen LogP contribution in [0.25, 0.3) is 0 Å². The SMILES string of the molecule is CNC(=O)NC(=O)[C@@H](OC(=O)[C@H](C)Oc1cccc(C)c1)c1ccccc1. The lowest BCUT2D eigenvalue weighted by Gasteiger charge is -2.20. The number of amides is 3. The number of esters is 1. The second-order valence-electron chi connectivity index (χ2n) is 5.87. The molecule has 0 fully saturated rings. The van der Waals surface area contributed by atoms with Crippen molar-refractivity contribution in [2.45, 2.75) is 26.1 Å². The van der Waals surface area contributed by atoms with Gasteiger partial charge < -0.3 is 14.8 Å². The van der Waals surface area contributed by atoms with Crippen molar-refractivity contribution in [3.05, 3.63) is 65.7 Å². The molecule has 0 saturated carbocycles. The summed E-state index contributed by atoms with van der Waals surface area (Å²) in [6.45, 7) is 3.44.